The topological polar surface area (TPSA) is 46.6 Å². The predicted octanol–water partition coefficient (Wildman–Crippen LogP) is 4.06. The van der Waals surface area contributed by atoms with E-state index in [2.05, 4.69) is 20.8 Å². The van der Waals surface area contributed by atoms with Gasteiger partial charge in [0.25, 0.3) is 5.91 Å². The molecule has 25 heavy (non-hydrogen) atoms. The lowest BCUT2D eigenvalue weighted by atomic mass is 9.65. The molecule has 2 aliphatic rings. The standard InChI is InChI=1S/C19H23ClFNO3/c1-18(2)7-13-8-19(3,10-18)11-22(13)16(23)9-25-17(24)14-5-4-12(21)6-15(14)20/h4-6,13H,7-11H2,1-3H3/t13-,19-/m0/s1. The predicted molar refractivity (Wildman–Crippen MR) is 92.9 cm³/mol. The molecule has 0 N–H and O–H groups in total. The third kappa shape index (κ3) is 3.81. The number of likely N-dealkylation sites (tertiary alicyclic amines) is 1. The molecule has 2 bridgehead atoms. The fourth-order valence-electron chi connectivity index (χ4n) is 4.69. The summed E-state index contributed by atoms with van der Waals surface area (Å²) in [5, 5.41) is -0.0243. The highest BCUT2D eigenvalue weighted by Crippen LogP contribution is 2.52. The highest BCUT2D eigenvalue weighted by molar-refractivity contribution is 6.33. The summed E-state index contributed by atoms with van der Waals surface area (Å²) in [6.45, 7) is 7.08. The molecular weight excluding hydrogens is 345 g/mol. The summed E-state index contributed by atoms with van der Waals surface area (Å²) in [7, 11) is 0. The molecular formula is C19H23ClFNO3. The minimum absolute atomic E-state index is 0.0243. The Bertz CT molecular complexity index is 721. The Morgan fingerprint density at radius 1 is 1.32 bits per heavy atom. The number of carbonyl (C=O) groups excluding carboxylic acids is 2. The van der Waals surface area contributed by atoms with Crippen LogP contribution in [-0.4, -0.2) is 36.0 Å². The zero-order valence-corrected chi connectivity index (χ0v) is 15.5. The first kappa shape index (κ1) is 18.2. The number of carbonyl (C=O) groups is 2. The maximum Gasteiger partial charge on any atom is 0.340 e. The smallest absolute Gasteiger partial charge is 0.340 e. The van der Waals surface area contributed by atoms with Gasteiger partial charge in [-0.2, -0.15) is 0 Å². The lowest BCUT2D eigenvalue weighted by Crippen LogP contribution is -2.39. The van der Waals surface area contributed by atoms with Crippen molar-refractivity contribution in [3.8, 4) is 0 Å². The normalized spacial score (nSPS) is 27.2. The van der Waals surface area contributed by atoms with Crippen LogP contribution in [0.3, 0.4) is 0 Å². The van der Waals surface area contributed by atoms with Gasteiger partial charge < -0.3 is 9.64 Å². The zero-order chi connectivity index (χ0) is 18.4. The number of nitrogens with zero attached hydrogens (tertiary/aromatic N) is 1. The number of ether oxygens (including phenoxy) is 1. The molecule has 4 nitrogen and oxygen atoms in total. The van der Waals surface area contributed by atoms with E-state index in [0.29, 0.717) is 6.54 Å². The molecule has 3 rings (SSSR count). The summed E-state index contributed by atoms with van der Waals surface area (Å²) in [5.41, 5.74) is 0.404. The van der Waals surface area contributed by atoms with Gasteiger partial charge in [0.2, 0.25) is 0 Å². The Hall–Kier alpha value is -1.62. The van der Waals surface area contributed by atoms with Crippen molar-refractivity contribution in [1.82, 2.24) is 4.90 Å². The van der Waals surface area contributed by atoms with Crippen LogP contribution in [-0.2, 0) is 9.53 Å². The lowest BCUT2D eigenvalue weighted by Gasteiger charge is -2.39. The molecule has 1 aromatic rings. The van der Waals surface area contributed by atoms with E-state index in [1.54, 1.807) is 0 Å². The average molecular weight is 368 g/mol. The van der Waals surface area contributed by atoms with Gasteiger partial charge in [0.1, 0.15) is 5.82 Å². The van der Waals surface area contributed by atoms with Gasteiger partial charge in [-0.3, -0.25) is 4.79 Å². The van der Waals surface area contributed by atoms with Crippen molar-refractivity contribution in [1.29, 1.82) is 0 Å². The molecule has 1 saturated carbocycles. The maximum atomic E-state index is 13.1. The molecule has 1 amide bonds. The summed E-state index contributed by atoms with van der Waals surface area (Å²) >= 11 is 5.85. The van der Waals surface area contributed by atoms with Gasteiger partial charge >= 0.3 is 5.97 Å². The van der Waals surface area contributed by atoms with Crippen molar-refractivity contribution in [2.75, 3.05) is 13.2 Å². The summed E-state index contributed by atoms with van der Waals surface area (Å²) < 4.78 is 18.2. The van der Waals surface area contributed by atoms with E-state index in [1.165, 1.54) is 6.07 Å². The van der Waals surface area contributed by atoms with Crippen LogP contribution in [0.4, 0.5) is 4.39 Å². The number of hydrogen-bond donors (Lipinski definition) is 0. The Morgan fingerprint density at radius 2 is 2.04 bits per heavy atom. The second-order valence-corrected chi connectivity index (χ2v) is 8.84. The molecule has 0 aromatic heterocycles. The molecule has 1 heterocycles. The molecule has 1 aliphatic heterocycles. The number of esters is 1. The first-order valence-corrected chi connectivity index (χ1v) is 8.88. The van der Waals surface area contributed by atoms with Crippen LogP contribution < -0.4 is 0 Å². The van der Waals surface area contributed by atoms with E-state index < -0.39 is 11.8 Å². The molecule has 6 heteroatoms. The van der Waals surface area contributed by atoms with Crippen LogP contribution in [0.25, 0.3) is 0 Å². The molecule has 1 aromatic carbocycles. The molecule has 0 spiro atoms. The lowest BCUT2D eigenvalue weighted by molar-refractivity contribution is -0.135. The fraction of sp³-hybridized carbons (Fsp3) is 0.579. The zero-order valence-electron chi connectivity index (χ0n) is 14.8. The van der Waals surface area contributed by atoms with Gasteiger partial charge in [-0.15, -0.1) is 0 Å². The highest BCUT2D eigenvalue weighted by atomic mass is 35.5. The van der Waals surface area contributed by atoms with E-state index in [-0.39, 0.29) is 40.0 Å². The second-order valence-electron chi connectivity index (χ2n) is 8.44. The van der Waals surface area contributed by atoms with Crippen LogP contribution in [0.2, 0.25) is 5.02 Å². The SMILES string of the molecule is CC1(C)C[C@H]2C[C@](C)(CN2C(=O)COC(=O)c2ccc(F)cc2Cl)C1. The van der Waals surface area contributed by atoms with Gasteiger partial charge in [0.05, 0.1) is 10.6 Å². The molecule has 2 fully saturated rings. The van der Waals surface area contributed by atoms with Crippen molar-refractivity contribution in [2.45, 2.75) is 46.1 Å². The van der Waals surface area contributed by atoms with Crippen LogP contribution in [0.1, 0.15) is 50.4 Å². The van der Waals surface area contributed by atoms with Crippen LogP contribution in [0.15, 0.2) is 18.2 Å². The van der Waals surface area contributed by atoms with Crippen molar-refractivity contribution < 1.29 is 18.7 Å². The fourth-order valence-corrected chi connectivity index (χ4v) is 4.94. The van der Waals surface area contributed by atoms with Crippen molar-refractivity contribution >= 4 is 23.5 Å². The van der Waals surface area contributed by atoms with E-state index in [0.717, 1.165) is 31.4 Å². The molecule has 2 atom stereocenters. The monoisotopic (exact) mass is 367 g/mol. The largest absolute Gasteiger partial charge is 0.452 e. The number of fused-ring (bicyclic) bond motifs is 2. The minimum atomic E-state index is -0.716. The average Bonchev–Trinajstić information content (AvgIpc) is 2.73. The van der Waals surface area contributed by atoms with Crippen molar-refractivity contribution in [2.24, 2.45) is 10.8 Å². The molecule has 0 unspecified atom stereocenters. The van der Waals surface area contributed by atoms with E-state index in [4.69, 9.17) is 16.3 Å². The third-order valence-corrected chi connectivity index (χ3v) is 5.53. The molecule has 0 radical (unpaired) electrons. The number of amides is 1. The Kier molecular flexibility index (Phi) is 4.56. The molecule has 136 valence electrons. The second kappa shape index (κ2) is 6.27. The van der Waals surface area contributed by atoms with Gasteiger partial charge in [-0.25, -0.2) is 9.18 Å². The quantitative estimate of drug-likeness (QED) is 0.757. The van der Waals surface area contributed by atoms with Crippen molar-refractivity contribution in [3.05, 3.63) is 34.6 Å². The Labute approximate surface area is 152 Å². The first-order chi connectivity index (χ1) is 11.6. The highest BCUT2D eigenvalue weighted by Gasteiger charge is 2.50. The Morgan fingerprint density at radius 3 is 2.72 bits per heavy atom. The summed E-state index contributed by atoms with van der Waals surface area (Å²) in [4.78, 5) is 26.5. The number of rotatable bonds is 3. The summed E-state index contributed by atoms with van der Waals surface area (Å²) in [6.07, 6.45) is 3.05. The van der Waals surface area contributed by atoms with E-state index >= 15 is 0 Å². The van der Waals surface area contributed by atoms with Crippen LogP contribution >= 0.6 is 11.6 Å². The van der Waals surface area contributed by atoms with E-state index in [9.17, 15) is 14.0 Å². The number of hydrogen-bond acceptors (Lipinski definition) is 3. The third-order valence-electron chi connectivity index (χ3n) is 5.21. The van der Waals surface area contributed by atoms with Crippen LogP contribution in [0, 0.1) is 16.6 Å². The molecule has 1 saturated heterocycles. The summed E-state index contributed by atoms with van der Waals surface area (Å²) in [5.74, 6) is -1.43. The maximum absolute atomic E-state index is 13.1. The van der Waals surface area contributed by atoms with Crippen molar-refractivity contribution in [3.63, 3.8) is 0 Å². The van der Waals surface area contributed by atoms with Gasteiger partial charge in [-0.05, 0) is 48.3 Å². The van der Waals surface area contributed by atoms with E-state index in [1.807, 2.05) is 4.90 Å². The first-order valence-electron chi connectivity index (χ1n) is 8.50. The number of benzene rings is 1. The molecule has 1 aliphatic carbocycles. The summed E-state index contributed by atoms with van der Waals surface area (Å²) in [6, 6.07) is 3.65. The van der Waals surface area contributed by atoms with Gasteiger partial charge in [0, 0.05) is 12.6 Å². The minimum Gasteiger partial charge on any atom is -0.452 e. The van der Waals surface area contributed by atoms with Gasteiger partial charge in [0.15, 0.2) is 6.61 Å². The van der Waals surface area contributed by atoms with Crippen LogP contribution in [0.5, 0.6) is 0 Å². The number of halogens is 2. The Balaban J connectivity index is 1.62. The van der Waals surface area contributed by atoms with Gasteiger partial charge in [-0.1, -0.05) is 32.4 Å².